The second-order valence-electron chi connectivity index (χ2n) is 2.63. The molecule has 0 saturated carbocycles. The van der Waals surface area contributed by atoms with E-state index in [0.717, 1.165) is 32.6 Å². The lowest BCUT2D eigenvalue weighted by atomic mass is 10.5. The van der Waals surface area contributed by atoms with Gasteiger partial charge in [-0.15, -0.1) is 0 Å². The molecule has 0 spiro atoms. The zero-order chi connectivity index (χ0) is 8.69. The zero-order valence-corrected chi connectivity index (χ0v) is 7.71. The molecule has 0 atom stereocenters. The van der Waals surface area contributed by atoms with Gasteiger partial charge in [0.1, 0.15) is 0 Å². The molecule has 3 nitrogen and oxygen atoms in total. The molecule has 0 aromatic heterocycles. The molecule has 0 saturated heterocycles. The maximum Gasteiger partial charge on any atom is 0.209 e. The summed E-state index contributed by atoms with van der Waals surface area (Å²) in [5, 5.41) is 0. The van der Waals surface area contributed by atoms with Gasteiger partial charge < -0.3 is 9.80 Å². The van der Waals surface area contributed by atoms with Gasteiger partial charge in [0, 0.05) is 19.6 Å². The molecule has 11 heavy (non-hydrogen) atoms. The van der Waals surface area contributed by atoms with Crippen molar-refractivity contribution in [2.24, 2.45) is 0 Å². The fourth-order valence-corrected chi connectivity index (χ4v) is 0.743. The van der Waals surface area contributed by atoms with Crippen molar-refractivity contribution in [3.8, 4) is 0 Å². The molecule has 0 aliphatic rings. The molecule has 0 heterocycles. The van der Waals surface area contributed by atoms with E-state index in [2.05, 4.69) is 18.9 Å². The topological polar surface area (TPSA) is 23.6 Å². The lowest BCUT2D eigenvalue weighted by Crippen LogP contribution is -2.32. The van der Waals surface area contributed by atoms with E-state index in [0.29, 0.717) is 0 Å². The molecule has 0 aromatic carbocycles. The molecule has 0 aromatic rings. The van der Waals surface area contributed by atoms with Crippen molar-refractivity contribution in [1.82, 2.24) is 9.80 Å². The summed E-state index contributed by atoms with van der Waals surface area (Å²) < 4.78 is 0. The molecule has 0 aliphatic carbocycles. The van der Waals surface area contributed by atoms with Crippen LogP contribution in [-0.2, 0) is 4.79 Å². The number of carbonyl (C=O) groups excluding carboxylic acids is 1. The Balaban J connectivity index is 3.41. The minimum atomic E-state index is 0.807. The summed E-state index contributed by atoms with van der Waals surface area (Å²) in [5.74, 6) is 0. The van der Waals surface area contributed by atoms with Crippen molar-refractivity contribution in [2.45, 2.75) is 13.8 Å². The van der Waals surface area contributed by atoms with Gasteiger partial charge in [-0.3, -0.25) is 4.79 Å². The summed E-state index contributed by atoms with van der Waals surface area (Å²) in [6.45, 7) is 7.74. The van der Waals surface area contributed by atoms with Crippen LogP contribution in [0.2, 0.25) is 0 Å². The van der Waals surface area contributed by atoms with Gasteiger partial charge in [0.05, 0.1) is 0 Å². The second kappa shape index (κ2) is 6.16. The average Bonchev–Trinajstić information content (AvgIpc) is 2.06. The molecule has 0 radical (unpaired) electrons. The van der Waals surface area contributed by atoms with Crippen LogP contribution in [0.25, 0.3) is 0 Å². The number of rotatable bonds is 6. The van der Waals surface area contributed by atoms with Gasteiger partial charge >= 0.3 is 0 Å². The standard InChI is InChI=1S/C8H18N2O/c1-4-9(3)6-7-10(5-2)8-11/h8H,4-7H2,1-3H3. The second-order valence-corrected chi connectivity index (χ2v) is 2.63. The highest BCUT2D eigenvalue weighted by molar-refractivity contribution is 5.46. The van der Waals surface area contributed by atoms with Crippen molar-refractivity contribution >= 4 is 6.41 Å². The summed E-state index contributed by atoms with van der Waals surface area (Å²) in [6.07, 6.45) is 0.906. The average molecular weight is 158 g/mol. The van der Waals surface area contributed by atoms with Crippen molar-refractivity contribution in [2.75, 3.05) is 33.2 Å². The summed E-state index contributed by atoms with van der Waals surface area (Å²) >= 11 is 0. The lowest BCUT2D eigenvalue weighted by Gasteiger charge is -2.19. The number of amides is 1. The number of hydrogen-bond donors (Lipinski definition) is 0. The molecule has 0 fully saturated rings. The van der Waals surface area contributed by atoms with Gasteiger partial charge in [-0.1, -0.05) is 6.92 Å². The monoisotopic (exact) mass is 158 g/mol. The van der Waals surface area contributed by atoms with Gasteiger partial charge in [0.15, 0.2) is 0 Å². The lowest BCUT2D eigenvalue weighted by molar-refractivity contribution is -0.118. The van der Waals surface area contributed by atoms with Crippen molar-refractivity contribution in [3.63, 3.8) is 0 Å². The molecule has 0 aliphatic heterocycles. The van der Waals surface area contributed by atoms with Crippen LogP contribution in [0.3, 0.4) is 0 Å². The summed E-state index contributed by atoms with van der Waals surface area (Å²) in [7, 11) is 2.05. The van der Waals surface area contributed by atoms with Gasteiger partial charge in [0.2, 0.25) is 6.41 Å². The van der Waals surface area contributed by atoms with Crippen LogP contribution >= 0.6 is 0 Å². The predicted molar refractivity (Wildman–Crippen MR) is 46.5 cm³/mol. The summed E-state index contributed by atoms with van der Waals surface area (Å²) in [5.41, 5.74) is 0. The highest BCUT2D eigenvalue weighted by atomic mass is 16.1. The first-order valence-corrected chi connectivity index (χ1v) is 4.12. The smallest absolute Gasteiger partial charge is 0.209 e. The molecule has 0 unspecified atom stereocenters. The molecule has 3 heteroatoms. The Morgan fingerprint density at radius 2 is 1.82 bits per heavy atom. The van der Waals surface area contributed by atoms with Gasteiger partial charge in [-0.2, -0.15) is 0 Å². The fraction of sp³-hybridized carbons (Fsp3) is 0.875. The van der Waals surface area contributed by atoms with Crippen molar-refractivity contribution in [3.05, 3.63) is 0 Å². The Hall–Kier alpha value is -0.570. The highest BCUT2D eigenvalue weighted by Crippen LogP contribution is 1.85. The molecule has 66 valence electrons. The van der Waals surface area contributed by atoms with E-state index >= 15 is 0 Å². The largest absolute Gasteiger partial charge is 0.344 e. The first kappa shape index (κ1) is 10.4. The Labute approximate surface area is 69.0 Å². The van der Waals surface area contributed by atoms with E-state index < -0.39 is 0 Å². The summed E-state index contributed by atoms with van der Waals surface area (Å²) in [4.78, 5) is 14.3. The van der Waals surface area contributed by atoms with E-state index in [1.807, 2.05) is 6.92 Å². The minimum Gasteiger partial charge on any atom is -0.344 e. The first-order valence-electron chi connectivity index (χ1n) is 4.12. The first-order chi connectivity index (χ1) is 5.24. The molecule has 0 rings (SSSR count). The van der Waals surface area contributed by atoms with E-state index in [4.69, 9.17) is 0 Å². The van der Waals surface area contributed by atoms with Crippen LogP contribution in [0.1, 0.15) is 13.8 Å². The van der Waals surface area contributed by atoms with Crippen LogP contribution < -0.4 is 0 Å². The van der Waals surface area contributed by atoms with Gasteiger partial charge in [-0.05, 0) is 20.5 Å². The Kier molecular flexibility index (Phi) is 5.84. The van der Waals surface area contributed by atoms with E-state index in [-0.39, 0.29) is 0 Å². The van der Waals surface area contributed by atoms with Crippen LogP contribution in [-0.4, -0.2) is 49.4 Å². The number of carbonyl (C=O) groups is 1. The molecule has 0 bridgehead atoms. The Morgan fingerprint density at radius 1 is 1.18 bits per heavy atom. The molecular weight excluding hydrogens is 140 g/mol. The van der Waals surface area contributed by atoms with Crippen LogP contribution in [0.4, 0.5) is 0 Å². The van der Waals surface area contributed by atoms with Gasteiger partial charge in [-0.25, -0.2) is 0 Å². The molecular formula is C8H18N2O. The van der Waals surface area contributed by atoms with E-state index in [9.17, 15) is 4.79 Å². The Bertz CT molecular complexity index is 106. The minimum absolute atomic E-state index is 0.807. The summed E-state index contributed by atoms with van der Waals surface area (Å²) in [6, 6.07) is 0. The third-order valence-corrected chi connectivity index (χ3v) is 1.86. The predicted octanol–water partition coefficient (Wildman–Crippen LogP) is 0.416. The van der Waals surface area contributed by atoms with Crippen molar-refractivity contribution < 1.29 is 4.79 Å². The van der Waals surface area contributed by atoms with Crippen LogP contribution in [0, 0.1) is 0 Å². The molecule has 0 N–H and O–H groups in total. The van der Waals surface area contributed by atoms with Crippen LogP contribution in [0.5, 0.6) is 0 Å². The van der Waals surface area contributed by atoms with Crippen molar-refractivity contribution in [1.29, 1.82) is 0 Å². The SMILES string of the molecule is CCN(C)CCN(C=O)CC. The number of likely N-dealkylation sites (N-methyl/N-ethyl adjacent to an activating group) is 2. The zero-order valence-electron chi connectivity index (χ0n) is 7.71. The number of hydrogen-bond acceptors (Lipinski definition) is 2. The third-order valence-electron chi connectivity index (χ3n) is 1.86. The maximum atomic E-state index is 10.3. The highest BCUT2D eigenvalue weighted by Gasteiger charge is 1.98. The quantitative estimate of drug-likeness (QED) is 0.523. The van der Waals surface area contributed by atoms with Gasteiger partial charge in [0.25, 0.3) is 0 Å². The Morgan fingerprint density at radius 3 is 2.18 bits per heavy atom. The normalized spacial score (nSPS) is 10.2. The van der Waals surface area contributed by atoms with E-state index in [1.165, 1.54) is 0 Å². The molecule has 1 amide bonds. The van der Waals surface area contributed by atoms with E-state index in [1.54, 1.807) is 4.90 Å². The number of nitrogens with zero attached hydrogens (tertiary/aromatic N) is 2. The maximum absolute atomic E-state index is 10.3. The fourth-order valence-electron chi connectivity index (χ4n) is 0.743. The van der Waals surface area contributed by atoms with Crippen LogP contribution in [0.15, 0.2) is 0 Å². The third kappa shape index (κ3) is 4.79.